The fraction of sp³-hybridized carbons (Fsp3) is 0.857. The molecule has 122 valence electrons. The first-order valence-corrected chi connectivity index (χ1v) is 7.44. The molecule has 1 rings (SSSR count). The van der Waals surface area contributed by atoms with E-state index in [1.807, 2.05) is 0 Å². The summed E-state index contributed by atoms with van der Waals surface area (Å²) in [7, 11) is 1.63. The molecule has 7 nitrogen and oxygen atoms in total. The van der Waals surface area contributed by atoms with Gasteiger partial charge in [0.05, 0.1) is 13.2 Å². The molecule has 0 aromatic rings. The first kappa shape index (κ1) is 17.7. The summed E-state index contributed by atoms with van der Waals surface area (Å²) in [6.07, 6.45) is 2.48. The molecule has 1 unspecified atom stereocenters. The Labute approximate surface area is 125 Å². The Bertz CT molecular complexity index is 324. The number of carboxylic acid groups (broad SMARTS) is 1. The molecule has 0 spiro atoms. The molecular weight excluding hydrogens is 276 g/mol. The van der Waals surface area contributed by atoms with Crippen LogP contribution in [0.4, 0.5) is 4.79 Å². The molecule has 0 saturated carbocycles. The SMILES string of the molecule is COCCOCCCNC(=O)N1CCC(CCC(=O)O)C1. The van der Waals surface area contributed by atoms with Crippen molar-refractivity contribution in [2.75, 3.05) is 46.6 Å². The minimum atomic E-state index is -0.772. The van der Waals surface area contributed by atoms with Crippen molar-refractivity contribution in [1.29, 1.82) is 0 Å². The van der Waals surface area contributed by atoms with Crippen LogP contribution in [0.15, 0.2) is 0 Å². The Hall–Kier alpha value is -1.34. The highest BCUT2D eigenvalue weighted by molar-refractivity contribution is 5.74. The lowest BCUT2D eigenvalue weighted by Gasteiger charge is -2.17. The fourth-order valence-electron chi connectivity index (χ4n) is 2.31. The van der Waals surface area contributed by atoms with E-state index in [0.717, 1.165) is 12.8 Å². The summed E-state index contributed by atoms with van der Waals surface area (Å²) in [5, 5.41) is 11.5. The summed E-state index contributed by atoms with van der Waals surface area (Å²) in [5.74, 6) is -0.462. The Morgan fingerprint density at radius 3 is 2.86 bits per heavy atom. The van der Waals surface area contributed by atoms with Crippen LogP contribution in [0.2, 0.25) is 0 Å². The Morgan fingerprint density at radius 2 is 2.14 bits per heavy atom. The van der Waals surface area contributed by atoms with Crippen molar-refractivity contribution in [2.24, 2.45) is 5.92 Å². The van der Waals surface area contributed by atoms with E-state index in [1.165, 1.54) is 0 Å². The molecule has 0 aromatic carbocycles. The molecular formula is C14H26N2O5. The summed E-state index contributed by atoms with van der Waals surface area (Å²) in [6, 6.07) is -0.0651. The highest BCUT2D eigenvalue weighted by atomic mass is 16.5. The van der Waals surface area contributed by atoms with E-state index in [9.17, 15) is 9.59 Å². The van der Waals surface area contributed by atoms with Crippen molar-refractivity contribution in [3.8, 4) is 0 Å². The lowest BCUT2D eigenvalue weighted by molar-refractivity contribution is -0.137. The summed E-state index contributed by atoms with van der Waals surface area (Å²) < 4.78 is 10.2. The standard InChI is InChI=1S/C14H26N2O5/c1-20-9-10-21-8-2-6-15-14(19)16-7-5-12(11-16)3-4-13(17)18/h12H,2-11H2,1H3,(H,15,19)(H,17,18). The van der Waals surface area contributed by atoms with Crippen LogP contribution in [0.5, 0.6) is 0 Å². The highest BCUT2D eigenvalue weighted by Crippen LogP contribution is 2.20. The van der Waals surface area contributed by atoms with Gasteiger partial charge in [0.2, 0.25) is 0 Å². The summed E-state index contributed by atoms with van der Waals surface area (Å²) in [6.45, 7) is 3.70. The van der Waals surface area contributed by atoms with Gasteiger partial charge in [0.15, 0.2) is 0 Å². The number of rotatable bonds is 10. The molecule has 0 aliphatic carbocycles. The normalized spacial score (nSPS) is 18.0. The minimum absolute atomic E-state index is 0.0651. The molecule has 1 aliphatic rings. The van der Waals surface area contributed by atoms with Crippen LogP contribution >= 0.6 is 0 Å². The number of nitrogens with one attached hydrogen (secondary N) is 1. The van der Waals surface area contributed by atoms with E-state index in [-0.39, 0.29) is 12.5 Å². The van der Waals surface area contributed by atoms with Crippen molar-refractivity contribution in [2.45, 2.75) is 25.7 Å². The highest BCUT2D eigenvalue weighted by Gasteiger charge is 2.26. The topological polar surface area (TPSA) is 88.1 Å². The zero-order valence-electron chi connectivity index (χ0n) is 12.7. The first-order chi connectivity index (χ1) is 10.1. The molecule has 0 aromatic heterocycles. The summed E-state index contributed by atoms with van der Waals surface area (Å²) in [5.41, 5.74) is 0. The molecule has 1 fully saturated rings. The number of nitrogens with zero attached hydrogens (tertiary/aromatic N) is 1. The van der Waals surface area contributed by atoms with Crippen LogP contribution in [0.3, 0.4) is 0 Å². The van der Waals surface area contributed by atoms with Gasteiger partial charge in [0.1, 0.15) is 0 Å². The van der Waals surface area contributed by atoms with Crippen LogP contribution in [-0.4, -0.2) is 68.6 Å². The third-order valence-corrected chi connectivity index (χ3v) is 3.51. The molecule has 1 aliphatic heterocycles. The quantitative estimate of drug-likeness (QED) is 0.586. The second kappa shape index (κ2) is 10.4. The Morgan fingerprint density at radius 1 is 1.33 bits per heavy atom. The third-order valence-electron chi connectivity index (χ3n) is 3.51. The number of carboxylic acids is 1. The molecule has 7 heteroatoms. The van der Waals surface area contributed by atoms with Crippen molar-refractivity contribution in [3.05, 3.63) is 0 Å². The monoisotopic (exact) mass is 302 g/mol. The van der Waals surface area contributed by atoms with Crippen molar-refractivity contribution < 1.29 is 24.2 Å². The number of carbonyl (C=O) groups is 2. The number of aliphatic carboxylic acids is 1. The second-order valence-corrected chi connectivity index (χ2v) is 5.22. The number of likely N-dealkylation sites (tertiary alicyclic amines) is 1. The number of amides is 2. The third kappa shape index (κ3) is 7.87. The van der Waals surface area contributed by atoms with Gasteiger partial charge in [-0.2, -0.15) is 0 Å². The zero-order chi connectivity index (χ0) is 15.5. The van der Waals surface area contributed by atoms with E-state index in [2.05, 4.69) is 5.32 Å². The smallest absolute Gasteiger partial charge is 0.317 e. The largest absolute Gasteiger partial charge is 0.481 e. The van der Waals surface area contributed by atoms with Crippen LogP contribution in [0.25, 0.3) is 0 Å². The summed E-state index contributed by atoms with van der Waals surface area (Å²) in [4.78, 5) is 24.2. The Balaban J connectivity index is 2.04. The van der Waals surface area contributed by atoms with Gasteiger partial charge < -0.3 is 24.8 Å². The molecule has 1 atom stereocenters. The van der Waals surface area contributed by atoms with Crippen LogP contribution in [0, 0.1) is 5.92 Å². The minimum Gasteiger partial charge on any atom is -0.481 e. The van der Waals surface area contributed by atoms with Crippen molar-refractivity contribution in [1.82, 2.24) is 10.2 Å². The van der Waals surface area contributed by atoms with Gasteiger partial charge in [0, 0.05) is 39.8 Å². The maximum absolute atomic E-state index is 11.9. The van der Waals surface area contributed by atoms with E-state index in [0.29, 0.717) is 51.8 Å². The van der Waals surface area contributed by atoms with Crippen LogP contribution in [-0.2, 0) is 14.3 Å². The number of hydrogen-bond acceptors (Lipinski definition) is 4. The molecule has 0 bridgehead atoms. The van der Waals surface area contributed by atoms with Gasteiger partial charge in [-0.05, 0) is 25.2 Å². The second-order valence-electron chi connectivity index (χ2n) is 5.22. The molecule has 1 heterocycles. The first-order valence-electron chi connectivity index (χ1n) is 7.44. The number of ether oxygens (including phenoxy) is 2. The van der Waals surface area contributed by atoms with Gasteiger partial charge in [-0.3, -0.25) is 4.79 Å². The number of methoxy groups -OCH3 is 1. The summed E-state index contributed by atoms with van der Waals surface area (Å²) >= 11 is 0. The number of hydrogen-bond donors (Lipinski definition) is 2. The average Bonchev–Trinajstić information content (AvgIpc) is 2.93. The lowest BCUT2D eigenvalue weighted by Crippen LogP contribution is -2.39. The maximum Gasteiger partial charge on any atom is 0.317 e. The van der Waals surface area contributed by atoms with Gasteiger partial charge in [-0.1, -0.05) is 0 Å². The van der Waals surface area contributed by atoms with Crippen molar-refractivity contribution in [3.63, 3.8) is 0 Å². The Kier molecular flexibility index (Phi) is 8.77. The molecule has 0 radical (unpaired) electrons. The molecule has 1 saturated heterocycles. The van der Waals surface area contributed by atoms with E-state index in [4.69, 9.17) is 14.6 Å². The van der Waals surface area contributed by atoms with Gasteiger partial charge >= 0.3 is 12.0 Å². The predicted octanol–water partition coefficient (Wildman–Crippen LogP) is 0.936. The van der Waals surface area contributed by atoms with Gasteiger partial charge in [-0.25, -0.2) is 4.79 Å². The lowest BCUT2D eigenvalue weighted by atomic mass is 10.0. The van der Waals surface area contributed by atoms with Gasteiger partial charge in [-0.15, -0.1) is 0 Å². The average molecular weight is 302 g/mol. The van der Waals surface area contributed by atoms with Crippen LogP contribution in [0.1, 0.15) is 25.7 Å². The fourth-order valence-corrected chi connectivity index (χ4v) is 2.31. The zero-order valence-corrected chi connectivity index (χ0v) is 12.7. The number of carbonyl (C=O) groups excluding carboxylic acids is 1. The van der Waals surface area contributed by atoms with E-state index < -0.39 is 5.97 Å². The molecule has 21 heavy (non-hydrogen) atoms. The number of urea groups is 1. The molecule has 2 N–H and O–H groups in total. The van der Waals surface area contributed by atoms with Crippen molar-refractivity contribution >= 4 is 12.0 Å². The van der Waals surface area contributed by atoms with Gasteiger partial charge in [0.25, 0.3) is 0 Å². The molecule has 2 amide bonds. The van der Waals surface area contributed by atoms with E-state index in [1.54, 1.807) is 12.0 Å². The maximum atomic E-state index is 11.9. The van der Waals surface area contributed by atoms with Crippen LogP contribution < -0.4 is 5.32 Å². The van der Waals surface area contributed by atoms with E-state index >= 15 is 0 Å². The predicted molar refractivity (Wildman–Crippen MR) is 77.3 cm³/mol.